The quantitative estimate of drug-likeness (QED) is 0.906. The van der Waals surface area contributed by atoms with Crippen molar-refractivity contribution in [2.24, 2.45) is 5.92 Å². The van der Waals surface area contributed by atoms with Gasteiger partial charge in [-0.1, -0.05) is 19.1 Å². The molecular formula is C16H25NO2. The smallest absolute Gasteiger partial charge is 0.115 e. The fourth-order valence-corrected chi connectivity index (χ4v) is 3.02. The van der Waals surface area contributed by atoms with E-state index in [4.69, 9.17) is 4.74 Å². The fourth-order valence-electron chi connectivity index (χ4n) is 3.02. The lowest BCUT2D eigenvalue weighted by Gasteiger charge is -2.36. The standard InChI is InChI=1S/C16H25NO2/c1-12(7-15-5-4-6-16(18)8-15)9-17-10-13(2)19-14(3)11-17/h4-6,8,12-14,18H,7,9-11H2,1-3H3. The summed E-state index contributed by atoms with van der Waals surface area (Å²) < 4.78 is 5.76. The maximum atomic E-state index is 9.49. The van der Waals surface area contributed by atoms with E-state index < -0.39 is 0 Å². The fraction of sp³-hybridized carbons (Fsp3) is 0.625. The van der Waals surface area contributed by atoms with Crippen LogP contribution >= 0.6 is 0 Å². The Kier molecular flexibility index (Phi) is 4.83. The average Bonchev–Trinajstić information content (AvgIpc) is 2.26. The molecule has 1 aliphatic heterocycles. The summed E-state index contributed by atoms with van der Waals surface area (Å²) in [4.78, 5) is 2.49. The molecule has 1 N–H and O–H groups in total. The zero-order valence-electron chi connectivity index (χ0n) is 12.2. The summed E-state index contributed by atoms with van der Waals surface area (Å²) in [6.07, 6.45) is 1.67. The molecule has 1 fully saturated rings. The van der Waals surface area contributed by atoms with Crippen LogP contribution in [0.1, 0.15) is 26.3 Å². The van der Waals surface area contributed by atoms with Crippen molar-refractivity contribution in [2.45, 2.75) is 39.4 Å². The molecule has 3 atom stereocenters. The van der Waals surface area contributed by atoms with E-state index in [0.717, 1.165) is 26.1 Å². The molecule has 0 bridgehead atoms. The zero-order chi connectivity index (χ0) is 13.8. The van der Waals surface area contributed by atoms with Gasteiger partial charge in [0.05, 0.1) is 12.2 Å². The lowest BCUT2D eigenvalue weighted by molar-refractivity contribution is -0.0708. The Morgan fingerprint density at radius 2 is 2.00 bits per heavy atom. The highest BCUT2D eigenvalue weighted by molar-refractivity contribution is 5.27. The van der Waals surface area contributed by atoms with Crippen LogP contribution in [-0.4, -0.2) is 41.8 Å². The van der Waals surface area contributed by atoms with Gasteiger partial charge in [-0.15, -0.1) is 0 Å². The third kappa shape index (κ3) is 4.51. The van der Waals surface area contributed by atoms with Crippen LogP contribution in [0.25, 0.3) is 0 Å². The van der Waals surface area contributed by atoms with Crippen LogP contribution in [0.3, 0.4) is 0 Å². The molecule has 3 heteroatoms. The van der Waals surface area contributed by atoms with Crippen LogP contribution in [0.4, 0.5) is 0 Å². The van der Waals surface area contributed by atoms with Gasteiger partial charge in [0.15, 0.2) is 0 Å². The number of morpholine rings is 1. The Labute approximate surface area is 116 Å². The number of phenolic OH excluding ortho intramolecular Hbond substituents is 1. The van der Waals surface area contributed by atoms with E-state index in [0.29, 0.717) is 23.9 Å². The van der Waals surface area contributed by atoms with E-state index in [1.165, 1.54) is 5.56 Å². The molecule has 0 aromatic heterocycles. The van der Waals surface area contributed by atoms with Crippen molar-refractivity contribution >= 4 is 0 Å². The molecule has 1 aliphatic rings. The molecule has 3 nitrogen and oxygen atoms in total. The minimum absolute atomic E-state index is 0.330. The van der Waals surface area contributed by atoms with Crippen molar-refractivity contribution in [1.29, 1.82) is 0 Å². The van der Waals surface area contributed by atoms with Gasteiger partial charge in [-0.05, 0) is 43.9 Å². The summed E-state index contributed by atoms with van der Waals surface area (Å²) in [5.74, 6) is 0.942. The predicted molar refractivity (Wildman–Crippen MR) is 77.4 cm³/mol. The number of phenols is 1. The number of nitrogens with zero attached hydrogens (tertiary/aromatic N) is 1. The number of ether oxygens (including phenoxy) is 1. The molecule has 106 valence electrons. The van der Waals surface area contributed by atoms with E-state index in [-0.39, 0.29) is 0 Å². The van der Waals surface area contributed by atoms with Crippen molar-refractivity contribution in [3.05, 3.63) is 29.8 Å². The Morgan fingerprint density at radius 1 is 1.32 bits per heavy atom. The largest absolute Gasteiger partial charge is 0.508 e. The van der Waals surface area contributed by atoms with E-state index in [2.05, 4.69) is 31.7 Å². The van der Waals surface area contributed by atoms with Crippen LogP contribution in [0.15, 0.2) is 24.3 Å². The second-order valence-electron chi connectivity index (χ2n) is 5.96. The molecule has 0 saturated carbocycles. The number of benzene rings is 1. The molecular weight excluding hydrogens is 238 g/mol. The summed E-state index contributed by atoms with van der Waals surface area (Å²) in [5, 5.41) is 9.49. The first-order valence-electron chi connectivity index (χ1n) is 7.18. The van der Waals surface area contributed by atoms with E-state index in [9.17, 15) is 5.11 Å². The van der Waals surface area contributed by atoms with Crippen LogP contribution in [0.5, 0.6) is 5.75 Å². The Morgan fingerprint density at radius 3 is 2.63 bits per heavy atom. The van der Waals surface area contributed by atoms with Crippen molar-refractivity contribution in [3.8, 4) is 5.75 Å². The van der Waals surface area contributed by atoms with E-state index in [1.54, 1.807) is 6.07 Å². The van der Waals surface area contributed by atoms with Crippen LogP contribution in [0.2, 0.25) is 0 Å². The molecule has 0 aliphatic carbocycles. The molecule has 1 aromatic carbocycles. The molecule has 0 radical (unpaired) electrons. The molecule has 0 spiro atoms. The summed E-state index contributed by atoms with van der Waals surface area (Å²) in [6, 6.07) is 7.58. The highest BCUT2D eigenvalue weighted by atomic mass is 16.5. The van der Waals surface area contributed by atoms with Crippen LogP contribution < -0.4 is 0 Å². The summed E-state index contributed by atoms with van der Waals surface area (Å²) in [6.45, 7) is 9.69. The highest BCUT2D eigenvalue weighted by Crippen LogP contribution is 2.17. The molecule has 1 saturated heterocycles. The first kappa shape index (κ1) is 14.4. The number of hydrogen-bond donors (Lipinski definition) is 1. The molecule has 3 unspecified atom stereocenters. The van der Waals surface area contributed by atoms with Crippen molar-refractivity contribution in [1.82, 2.24) is 4.90 Å². The third-order valence-electron chi connectivity index (χ3n) is 3.56. The van der Waals surface area contributed by atoms with Gasteiger partial charge in [0.1, 0.15) is 5.75 Å². The van der Waals surface area contributed by atoms with Gasteiger partial charge >= 0.3 is 0 Å². The second-order valence-corrected chi connectivity index (χ2v) is 5.96. The van der Waals surface area contributed by atoms with Gasteiger partial charge in [-0.3, -0.25) is 4.90 Å². The maximum Gasteiger partial charge on any atom is 0.115 e. The Bertz CT molecular complexity index is 397. The second kappa shape index (κ2) is 6.40. The zero-order valence-corrected chi connectivity index (χ0v) is 12.2. The summed E-state index contributed by atoms with van der Waals surface area (Å²) in [5.41, 5.74) is 1.21. The number of hydrogen-bond acceptors (Lipinski definition) is 3. The Balaban J connectivity index is 1.85. The SMILES string of the molecule is CC(Cc1cccc(O)c1)CN1CC(C)OC(C)C1. The maximum absolute atomic E-state index is 9.49. The first-order valence-corrected chi connectivity index (χ1v) is 7.18. The van der Waals surface area contributed by atoms with Gasteiger partial charge in [0, 0.05) is 19.6 Å². The number of aromatic hydroxyl groups is 1. The molecule has 0 amide bonds. The predicted octanol–water partition coefficient (Wildman–Crippen LogP) is 2.68. The molecule has 1 heterocycles. The van der Waals surface area contributed by atoms with Gasteiger partial charge < -0.3 is 9.84 Å². The number of rotatable bonds is 4. The average molecular weight is 263 g/mol. The summed E-state index contributed by atoms with van der Waals surface area (Å²) in [7, 11) is 0. The topological polar surface area (TPSA) is 32.7 Å². The summed E-state index contributed by atoms with van der Waals surface area (Å²) >= 11 is 0. The van der Waals surface area contributed by atoms with Gasteiger partial charge in [0.2, 0.25) is 0 Å². The minimum Gasteiger partial charge on any atom is -0.508 e. The molecule has 1 aromatic rings. The molecule has 2 rings (SSSR count). The monoisotopic (exact) mass is 263 g/mol. The minimum atomic E-state index is 0.330. The van der Waals surface area contributed by atoms with Gasteiger partial charge in [-0.2, -0.15) is 0 Å². The highest BCUT2D eigenvalue weighted by Gasteiger charge is 2.23. The van der Waals surface area contributed by atoms with E-state index >= 15 is 0 Å². The third-order valence-corrected chi connectivity index (χ3v) is 3.56. The van der Waals surface area contributed by atoms with Gasteiger partial charge in [-0.25, -0.2) is 0 Å². The lowest BCUT2D eigenvalue weighted by atomic mass is 10.00. The van der Waals surface area contributed by atoms with Crippen molar-refractivity contribution < 1.29 is 9.84 Å². The van der Waals surface area contributed by atoms with Crippen LogP contribution in [-0.2, 0) is 11.2 Å². The van der Waals surface area contributed by atoms with Crippen molar-refractivity contribution in [3.63, 3.8) is 0 Å². The van der Waals surface area contributed by atoms with E-state index in [1.807, 2.05) is 12.1 Å². The normalized spacial score (nSPS) is 26.3. The van der Waals surface area contributed by atoms with Crippen LogP contribution in [0, 0.1) is 5.92 Å². The molecule has 19 heavy (non-hydrogen) atoms. The Hall–Kier alpha value is -1.06. The van der Waals surface area contributed by atoms with Crippen molar-refractivity contribution in [2.75, 3.05) is 19.6 Å². The lowest BCUT2D eigenvalue weighted by Crippen LogP contribution is -2.47. The first-order chi connectivity index (χ1) is 9.02. The van der Waals surface area contributed by atoms with Gasteiger partial charge in [0.25, 0.3) is 0 Å².